The van der Waals surface area contributed by atoms with Crippen LogP contribution in [0.4, 0.5) is 5.69 Å². The first-order valence-corrected chi connectivity index (χ1v) is 5.73. The molecule has 0 aliphatic heterocycles. The fourth-order valence-electron chi connectivity index (χ4n) is 2.15. The summed E-state index contributed by atoms with van der Waals surface area (Å²) in [6, 6.07) is 4.77. The maximum Gasteiger partial charge on any atom is 0.276 e. The van der Waals surface area contributed by atoms with Crippen molar-refractivity contribution in [2.24, 2.45) is 5.73 Å². The van der Waals surface area contributed by atoms with Gasteiger partial charge in [0.1, 0.15) is 18.0 Å². The number of ether oxygens (including phenoxy) is 2. The Bertz CT molecular complexity index is 463. The molecule has 0 aromatic heterocycles. The normalized spacial score (nSPS) is 26.5. The predicted octanol–water partition coefficient (Wildman–Crippen LogP) is 1.40. The molecule has 0 radical (unpaired) electrons. The molecule has 2 rings (SSSR count). The second-order valence-electron chi connectivity index (χ2n) is 4.41. The third kappa shape index (κ3) is 2.16. The zero-order valence-corrected chi connectivity index (χ0v) is 10.3. The molecule has 3 unspecified atom stereocenters. The Morgan fingerprint density at radius 3 is 2.78 bits per heavy atom. The first-order valence-electron chi connectivity index (χ1n) is 5.73. The van der Waals surface area contributed by atoms with Crippen LogP contribution in [0.3, 0.4) is 0 Å². The summed E-state index contributed by atoms with van der Waals surface area (Å²) in [5, 5.41) is 10.8. The Morgan fingerprint density at radius 2 is 2.22 bits per heavy atom. The molecule has 1 saturated carbocycles. The zero-order chi connectivity index (χ0) is 13.3. The largest absolute Gasteiger partial charge is 0.487 e. The molecule has 0 saturated heterocycles. The second kappa shape index (κ2) is 4.91. The molecule has 2 N–H and O–H groups in total. The van der Waals surface area contributed by atoms with E-state index in [0.717, 1.165) is 0 Å². The third-order valence-electron chi connectivity index (χ3n) is 3.30. The Morgan fingerprint density at radius 1 is 1.50 bits per heavy atom. The van der Waals surface area contributed by atoms with Gasteiger partial charge in [-0.1, -0.05) is 6.07 Å². The predicted molar refractivity (Wildman–Crippen MR) is 65.6 cm³/mol. The number of hydrogen-bond acceptors (Lipinski definition) is 5. The lowest BCUT2D eigenvalue weighted by atomic mass is 9.86. The minimum atomic E-state index is -0.414. The minimum Gasteiger partial charge on any atom is -0.487 e. The number of nitro groups is 1. The average Bonchev–Trinajstić information content (AvgIpc) is 2.30. The summed E-state index contributed by atoms with van der Waals surface area (Å²) in [5.41, 5.74) is 6.37. The van der Waals surface area contributed by atoms with Crippen molar-refractivity contribution in [2.75, 3.05) is 7.11 Å². The van der Waals surface area contributed by atoms with Gasteiger partial charge in [-0.05, 0) is 13.0 Å². The van der Waals surface area contributed by atoms with E-state index in [4.69, 9.17) is 15.2 Å². The van der Waals surface area contributed by atoms with Crippen molar-refractivity contribution < 1.29 is 14.4 Å². The lowest BCUT2D eigenvalue weighted by Crippen LogP contribution is -2.59. The van der Waals surface area contributed by atoms with E-state index in [1.807, 2.05) is 0 Å². The van der Waals surface area contributed by atoms with Crippen molar-refractivity contribution >= 4 is 5.69 Å². The van der Waals surface area contributed by atoms with Crippen LogP contribution in [0.15, 0.2) is 18.2 Å². The van der Waals surface area contributed by atoms with Gasteiger partial charge in [-0.2, -0.15) is 0 Å². The van der Waals surface area contributed by atoms with Crippen molar-refractivity contribution in [3.63, 3.8) is 0 Å². The van der Waals surface area contributed by atoms with Crippen molar-refractivity contribution in [2.45, 2.75) is 31.6 Å². The number of methoxy groups -OCH3 is 1. The molecule has 98 valence electrons. The van der Waals surface area contributed by atoms with E-state index in [9.17, 15) is 10.1 Å². The van der Waals surface area contributed by atoms with Crippen LogP contribution in [-0.2, 0) is 4.74 Å². The van der Waals surface area contributed by atoms with Gasteiger partial charge in [0, 0.05) is 25.6 Å². The Hall–Kier alpha value is -1.66. The standard InChI is InChI=1S/C12H16N2O4/c1-7-9(14(15)16)4-3-5-10(7)18-11-6-8(13)12(11)17-2/h3-5,8,11-12H,6,13H2,1-2H3. The van der Waals surface area contributed by atoms with E-state index in [1.54, 1.807) is 26.2 Å². The van der Waals surface area contributed by atoms with E-state index in [2.05, 4.69) is 0 Å². The Labute approximate surface area is 105 Å². The van der Waals surface area contributed by atoms with Gasteiger partial charge >= 0.3 is 0 Å². The molecule has 6 heteroatoms. The van der Waals surface area contributed by atoms with E-state index in [1.165, 1.54) is 6.07 Å². The fraction of sp³-hybridized carbons (Fsp3) is 0.500. The molecular weight excluding hydrogens is 236 g/mol. The van der Waals surface area contributed by atoms with Crippen LogP contribution in [-0.4, -0.2) is 30.3 Å². The molecule has 0 bridgehead atoms. The molecule has 18 heavy (non-hydrogen) atoms. The summed E-state index contributed by atoms with van der Waals surface area (Å²) in [6.45, 7) is 1.67. The van der Waals surface area contributed by atoms with Crippen molar-refractivity contribution in [3.05, 3.63) is 33.9 Å². The smallest absolute Gasteiger partial charge is 0.276 e. The van der Waals surface area contributed by atoms with Crippen LogP contribution in [0.25, 0.3) is 0 Å². The topological polar surface area (TPSA) is 87.6 Å². The molecular formula is C12H16N2O4. The number of nitrogens with zero attached hydrogens (tertiary/aromatic N) is 1. The second-order valence-corrected chi connectivity index (χ2v) is 4.41. The van der Waals surface area contributed by atoms with Gasteiger partial charge in [0.2, 0.25) is 0 Å². The summed E-state index contributed by atoms with van der Waals surface area (Å²) in [7, 11) is 1.58. The quantitative estimate of drug-likeness (QED) is 0.646. The molecule has 1 aliphatic rings. The van der Waals surface area contributed by atoms with Crippen LogP contribution >= 0.6 is 0 Å². The van der Waals surface area contributed by atoms with E-state index in [0.29, 0.717) is 17.7 Å². The average molecular weight is 252 g/mol. The first-order chi connectivity index (χ1) is 8.54. The van der Waals surface area contributed by atoms with Gasteiger partial charge in [0.25, 0.3) is 5.69 Å². The van der Waals surface area contributed by atoms with E-state index < -0.39 is 4.92 Å². The first kappa shape index (κ1) is 12.8. The highest BCUT2D eigenvalue weighted by molar-refractivity contribution is 5.48. The number of nitrogens with two attached hydrogens (primary N) is 1. The molecule has 1 aromatic rings. The van der Waals surface area contributed by atoms with E-state index in [-0.39, 0.29) is 23.9 Å². The van der Waals surface area contributed by atoms with Crippen LogP contribution in [0.5, 0.6) is 5.75 Å². The van der Waals surface area contributed by atoms with Crippen LogP contribution in [0, 0.1) is 17.0 Å². The van der Waals surface area contributed by atoms with Gasteiger partial charge in [-0.15, -0.1) is 0 Å². The summed E-state index contributed by atoms with van der Waals surface area (Å²) in [5.74, 6) is 0.517. The van der Waals surface area contributed by atoms with Crippen molar-refractivity contribution in [1.29, 1.82) is 0 Å². The molecule has 3 atom stereocenters. The highest BCUT2D eigenvalue weighted by atomic mass is 16.6. The fourth-order valence-corrected chi connectivity index (χ4v) is 2.15. The highest BCUT2D eigenvalue weighted by Gasteiger charge is 2.41. The SMILES string of the molecule is COC1C(N)CC1Oc1cccc([N+](=O)[O-])c1C. The van der Waals surface area contributed by atoms with Crippen LogP contribution in [0.2, 0.25) is 0 Å². The van der Waals surface area contributed by atoms with Crippen LogP contribution in [0.1, 0.15) is 12.0 Å². The maximum absolute atomic E-state index is 10.8. The third-order valence-corrected chi connectivity index (χ3v) is 3.30. The lowest BCUT2D eigenvalue weighted by molar-refractivity contribution is -0.385. The van der Waals surface area contributed by atoms with Gasteiger partial charge in [-0.25, -0.2) is 0 Å². The minimum absolute atomic E-state index is 0.0287. The Kier molecular flexibility index (Phi) is 3.49. The number of benzene rings is 1. The number of hydrogen-bond donors (Lipinski definition) is 1. The van der Waals surface area contributed by atoms with Gasteiger partial charge in [0.05, 0.1) is 10.5 Å². The van der Waals surface area contributed by atoms with Crippen molar-refractivity contribution in [1.82, 2.24) is 0 Å². The van der Waals surface area contributed by atoms with Gasteiger partial charge < -0.3 is 15.2 Å². The summed E-state index contributed by atoms with van der Waals surface area (Å²) in [4.78, 5) is 10.4. The molecule has 1 fully saturated rings. The molecule has 0 heterocycles. The van der Waals surface area contributed by atoms with Gasteiger partial charge in [-0.3, -0.25) is 10.1 Å². The molecule has 1 aliphatic carbocycles. The number of nitro benzene ring substituents is 1. The summed E-state index contributed by atoms with van der Waals surface area (Å²) in [6.07, 6.45) is 0.412. The van der Waals surface area contributed by atoms with Gasteiger partial charge in [0.15, 0.2) is 0 Å². The zero-order valence-electron chi connectivity index (χ0n) is 10.3. The van der Waals surface area contributed by atoms with Crippen LogP contribution < -0.4 is 10.5 Å². The maximum atomic E-state index is 10.8. The molecule has 6 nitrogen and oxygen atoms in total. The lowest BCUT2D eigenvalue weighted by Gasteiger charge is -2.41. The molecule has 1 aromatic carbocycles. The van der Waals surface area contributed by atoms with Crippen molar-refractivity contribution in [3.8, 4) is 5.75 Å². The van der Waals surface area contributed by atoms with E-state index >= 15 is 0 Å². The summed E-state index contributed by atoms with van der Waals surface area (Å²) >= 11 is 0. The monoisotopic (exact) mass is 252 g/mol. The highest BCUT2D eigenvalue weighted by Crippen LogP contribution is 2.32. The summed E-state index contributed by atoms with van der Waals surface area (Å²) < 4.78 is 11.0. The number of rotatable bonds is 4. The molecule has 0 amide bonds. The molecule has 0 spiro atoms. The Balaban J connectivity index is 2.15.